The van der Waals surface area contributed by atoms with E-state index < -0.39 is 0 Å². The lowest BCUT2D eigenvalue weighted by Gasteiger charge is -2.31. The van der Waals surface area contributed by atoms with Crippen molar-refractivity contribution in [2.24, 2.45) is 5.41 Å². The normalized spacial score (nSPS) is 18.9. The maximum absolute atomic E-state index is 9.34. The molecule has 16 heavy (non-hydrogen) atoms. The number of piperidine rings is 1. The Morgan fingerprint density at radius 3 is 2.50 bits per heavy atom. The minimum Gasteiger partial charge on any atom is -0.317 e. The fourth-order valence-electron chi connectivity index (χ4n) is 2.35. The Bertz CT molecular complexity index is 358. The first kappa shape index (κ1) is 11.2. The van der Waals surface area contributed by atoms with Gasteiger partial charge in [0.25, 0.3) is 0 Å². The van der Waals surface area contributed by atoms with Gasteiger partial charge < -0.3 is 5.32 Å². The maximum atomic E-state index is 9.34. The van der Waals surface area contributed by atoms with Gasteiger partial charge in [-0.25, -0.2) is 0 Å². The number of rotatable bonds is 3. The number of hydrogen-bond acceptors (Lipinski definition) is 2. The van der Waals surface area contributed by atoms with Gasteiger partial charge in [-0.05, 0) is 44.3 Å². The summed E-state index contributed by atoms with van der Waals surface area (Å²) >= 11 is 0. The van der Waals surface area contributed by atoms with Crippen LogP contribution < -0.4 is 5.32 Å². The second kappa shape index (κ2) is 5.14. The molecule has 2 nitrogen and oxygen atoms in total. The van der Waals surface area contributed by atoms with E-state index in [9.17, 15) is 5.26 Å². The predicted octanol–water partition coefficient (Wildman–Crippen LogP) is 2.51. The Hall–Kier alpha value is -1.33. The van der Waals surface area contributed by atoms with Crippen molar-refractivity contribution in [1.29, 1.82) is 5.26 Å². The van der Waals surface area contributed by atoms with Gasteiger partial charge >= 0.3 is 0 Å². The van der Waals surface area contributed by atoms with Crippen molar-refractivity contribution in [2.45, 2.75) is 25.7 Å². The van der Waals surface area contributed by atoms with Crippen molar-refractivity contribution in [3.05, 3.63) is 35.9 Å². The minimum absolute atomic E-state index is 0.0823. The van der Waals surface area contributed by atoms with Crippen molar-refractivity contribution in [3.8, 4) is 6.07 Å². The fraction of sp³-hybridized carbons (Fsp3) is 0.500. The van der Waals surface area contributed by atoms with Gasteiger partial charge in [0.15, 0.2) is 0 Å². The molecule has 0 aromatic heterocycles. The largest absolute Gasteiger partial charge is 0.317 e. The molecule has 0 spiro atoms. The molecule has 2 heteroatoms. The summed E-state index contributed by atoms with van der Waals surface area (Å²) in [5.41, 5.74) is 1.26. The van der Waals surface area contributed by atoms with E-state index in [4.69, 9.17) is 0 Å². The topological polar surface area (TPSA) is 35.8 Å². The average molecular weight is 214 g/mol. The van der Waals surface area contributed by atoms with Crippen molar-refractivity contribution in [3.63, 3.8) is 0 Å². The molecule has 0 unspecified atom stereocenters. The van der Waals surface area contributed by atoms with E-state index in [1.165, 1.54) is 5.56 Å². The van der Waals surface area contributed by atoms with Gasteiger partial charge in [-0.2, -0.15) is 5.26 Å². The highest BCUT2D eigenvalue weighted by atomic mass is 14.9. The Balaban J connectivity index is 1.95. The summed E-state index contributed by atoms with van der Waals surface area (Å²) in [6.07, 6.45) is 4.01. The average Bonchev–Trinajstić information content (AvgIpc) is 2.39. The van der Waals surface area contributed by atoms with Crippen molar-refractivity contribution >= 4 is 0 Å². The van der Waals surface area contributed by atoms with E-state index in [1.54, 1.807) is 0 Å². The van der Waals surface area contributed by atoms with E-state index in [2.05, 4.69) is 35.7 Å². The molecule has 1 aliphatic heterocycles. The van der Waals surface area contributed by atoms with Gasteiger partial charge in [0.2, 0.25) is 0 Å². The van der Waals surface area contributed by atoms with Crippen LogP contribution in [0, 0.1) is 16.7 Å². The van der Waals surface area contributed by atoms with E-state index in [1.807, 2.05) is 6.07 Å². The number of aryl methyl sites for hydroxylation is 1. The quantitative estimate of drug-likeness (QED) is 0.839. The van der Waals surface area contributed by atoms with E-state index in [0.29, 0.717) is 0 Å². The molecule has 0 amide bonds. The summed E-state index contributed by atoms with van der Waals surface area (Å²) in [6, 6.07) is 13.0. The first-order valence-corrected chi connectivity index (χ1v) is 6.01. The third-order valence-electron chi connectivity index (χ3n) is 3.53. The van der Waals surface area contributed by atoms with Gasteiger partial charge in [-0.15, -0.1) is 0 Å². The zero-order chi connectivity index (χ0) is 11.3. The summed E-state index contributed by atoms with van der Waals surface area (Å²) < 4.78 is 0. The Morgan fingerprint density at radius 1 is 1.19 bits per heavy atom. The molecule has 2 rings (SSSR count). The van der Waals surface area contributed by atoms with Crippen LogP contribution in [0.3, 0.4) is 0 Å². The summed E-state index contributed by atoms with van der Waals surface area (Å²) in [4.78, 5) is 0. The zero-order valence-corrected chi connectivity index (χ0v) is 9.58. The van der Waals surface area contributed by atoms with Crippen molar-refractivity contribution in [1.82, 2.24) is 5.32 Å². The summed E-state index contributed by atoms with van der Waals surface area (Å²) in [7, 11) is 0. The molecule has 1 saturated heterocycles. The van der Waals surface area contributed by atoms with Gasteiger partial charge in [0.05, 0.1) is 11.5 Å². The molecular weight excluding hydrogens is 196 g/mol. The number of nitrogens with zero attached hydrogens (tertiary/aromatic N) is 1. The van der Waals surface area contributed by atoms with Crippen LogP contribution >= 0.6 is 0 Å². The zero-order valence-electron chi connectivity index (χ0n) is 9.58. The first-order valence-electron chi connectivity index (χ1n) is 6.01. The molecule has 0 bridgehead atoms. The molecule has 1 N–H and O–H groups in total. The van der Waals surface area contributed by atoms with Crippen LogP contribution in [-0.4, -0.2) is 13.1 Å². The van der Waals surface area contributed by atoms with Crippen molar-refractivity contribution in [2.75, 3.05) is 13.1 Å². The van der Waals surface area contributed by atoms with Gasteiger partial charge in [-0.1, -0.05) is 30.3 Å². The van der Waals surface area contributed by atoms with Crippen LogP contribution in [0.25, 0.3) is 0 Å². The third kappa shape index (κ3) is 2.62. The van der Waals surface area contributed by atoms with Crippen LogP contribution in [-0.2, 0) is 6.42 Å². The molecule has 1 aromatic carbocycles. The van der Waals surface area contributed by atoms with Crippen LogP contribution in [0.1, 0.15) is 24.8 Å². The second-order valence-corrected chi connectivity index (χ2v) is 4.63. The highest BCUT2D eigenvalue weighted by molar-refractivity contribution is 5.16. The molecule has 0 radical (unpaired) electrons. The first-order chi connectivity index (χ1) is 7.85. The van der Waals surface area contributed by atoms with Crippen LogP contribution in [0.4, 0.5) is 0 Å². The molecule has 0 atom stereocenters. The molecule has 0 saturated carbocycles. The Kier molecular flexibility index (Phi) is 3.58. The summed E-state index contributed by atoms with van der Waals surface area (Å²) in [5.74, 6) is 0. The van der Waals surface area contributed by atoms with Crippen LogP contribution in [0.15, 0.2) is 30.3 Å². The molecule has 0 aliphatic carbocycles. The molecular formula is C14H18N2. The molecule has 1 aromatic rings. The summed E-state index contributed by atoms with van der Waals surface area (Å²) in [6.45, 7) is 1.98. The SMILES string of the molecule is N#CC1(CCc2ccccc2)CCNCC1. The van der Waals surface area contributed by atoms with E-state index >= 15 is 0 Å². The van der Waals surface area contributed by atoms with E-state index in [0.717, 1.165) is 38.8 Å². The number of hydrogen-bond donors (Lipinski definition) is 1. The van der Waals surface area contributed by atoms with E-state index in [-0.39, 0.29) is 5.41 Å². The van der Waals surface area contributed by atoms with Crippen LogP contribution in [0.5, 0.6) is 0 Å². The van der Waals surface area contributed by atoms with Gasteiger partial charge in [0, 0.05) is 0 Å². The highest BCUT2D eigenvalue weighted by Crippen LogP contribution is 2.33. The molecule has 1 fully saturated rings. The predicted molar refractivity (Wildman–Crippen MR) is 64.9 cm³/mol. The number of benzene rings is 1. The lowest BCUT2D eigenvalue weighted by Crippen LogP contribution is -2.36. The molecule has 84 valence electrons. The Morgan fingerprint density at radius 2 is 1.88 bits per heavy atom. The maximum Gasteiger partial charge on any atom is 0.0690 e. The summed E-state index contributed by atoms with van der Waals surface area (Å²) in [5, 5.41) is 12.7. The monoisotopic (exact) mass is 214 g/mol. The smallest absolute Gasteiger partial charge is 0.0690 e. The minimum atomic E-state index is -0.0823. The lowest BCUT2D eigenvalue weighted by molar-refractivity contribution is 0.263. The second-order valence-electron chi connectivity index (χ2n) is 4.63. The fourth-order valence-corrected chi connectivity index (χ4v) is 2.35. The molecule has 1 heterocycles. The Labute approximate surface area is 97.3 Å². The van der Waals surface area contributed by atoms with Gasteiger partial charge in [0.1, 0.15) is 0 Å². The molecule has 1 aliphatic rings. The highest BCUT2D eigenvalue weighted by Gasteiger charge is 2.31. The van der Waals surface area contributed by atoms with Crippen LogP contribution in [0.2, 0.25) is 0 Å². The lowest BCUT2D eigenvalue weighted by atomic mass is 9.76. The van der Waals surface area contributed by atoms with Gasteiger partial charge in [-0.3, -0.25) is 0 Å². The third-order valence-corrected chi connectivity index (χ3v) is 3.53. The standard InChI is InChI=1S/C14H18N2/c15-12-14(8-10-16-11-9-14)7-6-13-4-2-1-3-5-13/h1-5,16H,6-11H2. The van der Waals surface area contributed by atoms with Crippen molar-refractivity contribution < 1.29 is 0 Å². The number of nitrogens with one attached hydrogen (secondary N) is 1. The number of nitriles is 1.